The number of amides is 1. The predicted octanol–water partition coefficient (Wildman–Crippen LogP) is 0.223. The molecule has 6 nitrogen and oxygen atoms in total. The summed E-state index contributed by atoms with van der Waals surface area (Å²) < 4.78 is 5.36. The van der Waals surface area contributed by atoms with Crippen LogP contribution < -0.4 is 5.43 Å². The number of aromatic amines is 1. The van der Waals surface area contributed by atoms with Crippen LogP contribution in [0.25, 0.3) is 0 Å². The van der Waals surface area contributed by atoms with E-state index in [4.69, 9.17) is 4.74 Å². The van der Waals surface area contributed by atoms with E-state index in [1.807, 2.05) is 5.01 Å². The number of nitrogens with zero attached hydrogens (tertiary/aromatic N) is 2. The van der Waals surface area contributed by atoms with Gasteiger partial charge in [-0.15, -0.1) is 0 Å². The second-order valence-corrected chi connectivity index (χ2v) is 4.47. The molecule has 92 valence electrons. The van der Waals surface area contributed by atoms with E-state index in [0.29, 0.717) is 18.9 Å². The van der Waals surface area contributed by atoms with Crippen LogP contribution in [0, 0.1) is 0 Å². The third kappa shape index (κ3) is 2.05. The first-order chi connectivity index (χ1) is 8.34. The molecule has 0 saturated carbocycles. The second-order valence-electron chi connectivity index (χ2n) is 4.47. The van der Waals surface area contributed by atoms with Gasteiger partial charge in [0.05, 0.1) is 13.2 Å². The van der Waals surface area contributed by atoms with Crippen molar-refractivity contribution < 1.29 is 9.53 Å². The Bertz CT molecular complexity index is 423. The minimum Gasteiger partial charge on any atom is -0.376 e. The van der Waals surface area contributed by atoms with E-state index in [0.717, 1.165) is 43.6 Å². The lowest BCUT2D eigenvalue weighted by Gasteiger charge is -2.16. The lowest BCUT2D eigenvalue weighted by molar-refractivity contribution is 0.0805. The summed E-state index contributed by atoms with van der Waals surface area (Å²) in [5.41, 5.74) is 5.31. The van der Waals surface area contributed by atoms with Gasteiger partial charge in [-0.25, -0.2) is 5.01 Å². The number of ether oxygens (including phenoxy) is 1. The van der Waals surface area contributed by atoms with Crippen LogP contribution >= 0.6 is 0 Å². The molecule has 2 N–H and O–H groups in total. The summed E-state index contributed by atoms with van der Waals surface area (Å²) in [5.74, 6) is -0.130. The van der Waals surface area contributed by atoms with Crippen molar-refractivity contribution >= 4 is 5.91 Å². The van der Waals surface area contributed by atoms with E-state index in [1.165, 1.54) is 0 Å². The summed E-state index contributed by atoms with van der Waals surface area (Å²) in [7, 11) is 0. The second kappa shape index (κ2) is 4.46. The number of carbonyl (C=O) groups excluding carboxylic acids is 1. The molecule has 0 bridgehead atoms. The maximum atomic E-state index is 12.0. The minimum absolute atomic E-state index is 0.130. The van der Waals surface area contributed by atoms with Crippen molar-refractivity contribution in [1.29, 1.82) is 0 Å². The van der Waals surface area contributed by atoms with Crippen molar-refractivity contribution in [1.82, 2.24) is 20.6 Å². The molecule has 0 unspecified atom stereocenters. The van der Waals surface area contributed by atoms with Gasteiger partial charge in [-0.2, -0.15) is 5.10 Å². The largest absolute Gasteiger partial charge is 0.376 e. The molecule has 0 atom stereocenters. The molecule has 0 radical (unpaired) electrons. The van der Waals surface area contributed by atoms with Crippen LogP contribution in [0.2, 0.25) is 0 Å². The van der Waals surface area contributed by atoms with Crippen molar-refractivity contribution in [3.05, 3.63) is 17.0 Å². The van der Waals surface area contributed by atoms with E-state index in [1.54, 1.807) is 0 Å². The highest BCUT2D eigenvalue weighted by Gasteiger charge is 2.24. The fourth-order valence-electron chi connectivity index (χ4n) is 2.33. The van der Waals surface area contributed by atoms with Gasteiger partial charge in [0.1, 0.15) is 0 Å². The Morgan fingerprint density at radius 1 is 1.41 bits per heavy atom. The van der Waals surface area contributed by atoms with Crippen LogP contribution in [-0.4, -0.2) is 40.8 Å². The molecule has 0 spiro atoms. The van der Waals surface area contributed by atoms with Crippen LogP contribution in [0.1, 0.15) is 34.6 Å². The summed E-state index contributed by atoms with van der Waals surface area (Å²) in [6.07, 6.45) is 3.09. The van der Waals surface area contributed by atoms with Gasteiger partial charge in [-0.3, -0.25) is 15.3 Å². The average Bonchev–Trinajstić information content (AvgIpc) is 2.96. The average molecular weight is 236 g/mol. The van der Waals surface area contributed by atoms with Gasteiger partial charge >= 0.3 is 0 Å². The number of rotatable bonds is 2. The molecule has 2 aliphatic heterocycles. The molecular formula is C11H16N4O2. The summed E-state index contributed by atoms with van der Waals surface area (Å²) in [5, 5.41) is 8.97. The fraction of sp³-hybridized carbons (Fsp3) is 0.636. The molecule has 1 amide bonds. The highest BCUT2D eigenvalue weighted by atomic mass is 16.5. The maximum absolute atomic E-state index is 12.0. The molecule has 2 aliphatic rings. The molecule has 1 saturated heterocycles. The van der Waals surface area contributed by atoms with Crippen molar-refractivity contribution in [3.63, 3.8) is 0 Å². The smallest absolute Gasteiger partial charge is 0.286 e. The Morgan fingerprint density at radius 3 is 3.06 bits per heavy atom. The molecule has 17 heavy (non-hydrogen) atoms. The zero-order chi connectivity index (χ0) is 11.7. The van der Waals surface area contributed by atoms with Gasteiger partial charge < -0.3 is 4.74 Å². The molecule has 6 heteroatoms. The molecule has 1 aromatic heterocycles. The first kappa shape index (κ1) is 10.7. The van der Waals surface area contributed by atoms with Gasteiger partial charge in [0.25, 0.3) is 5.91 Å². The molecule has 0 aliphatic carbocycles. The Labute approximate surface area is 99.3 Å². The number of hydrogen-bond donors (Lipinski definition) is 2. The van der Waals surface area contributed by atoms with E-state index in [9.17, 15) is 4.79 Å². The Kier molecular flexibility index (Phi) is 2.82. The minimum atomic E-state index is -0.130. The van der Waals surface area contributed by atoms with E-state index >= 15 is 0 Å². The molecule has 0 aromatic carbocycles. The fourth-order valence-corrected chi connectivity index (χ4v) is 2.33. The maximum Gasteiger partial charge on any atom is 0.286 e. The summed E-state index contributed by atoms with van der Waals surface area (Å²) in [6.45, 7) is 3.03. The van der Waals surface area contributed by atoms with Crippen molar-refractivity contribution in [2.24, 2.45) is 0 Å². The number of fused-ring (bicyclic) bond motifs is 1. The van der Waals surface area contributed by atoms with Crippen LogP contribution in [0.4, 0.5) is 0 Å². The van der Waals surface area contributed by atoms with Gasteiger partial charge in [0.15, 0.2) is 5.69 Å². The summed E-state index contributed by atoms with van der Waals surface area (Å²) in [4.78, 5) is 12.0. The quantitative estimate of drug-likeness (QED) is 0.771. The number of nitrogens with one attached hydrogen (secondary N) is 2. The summed E-state index contributed by atoms with van der Waals surface area (Å²) >= 11 is 0. The van der Waals surface area contributed by atoms with Crippen LogP contribution in [-0.2, 0) is 17.8 Å². The monoisotopic (exact) mass is 236 g/mol. The van der Waals surface area contributed by atoms with Crippen LogP contribution in [0.5, 0.6) is 0 Å². The topological polar surface area (TPSA) is 70.2 Å². The van der Waals surface area contributed by atoms with Gasteiger partial charge in [-0.05, 0) is 12.8 Å². The predicted molar refractivity (Wildman–Crippen MR) is 60.2 cm³/mol. The first-order valence-corrected chi connectivity index (χ1v) is 6.04. The Morgan fingerprint density at radius 2 is 2.24 bits per heavy atom. The Hall–Kier alpha value is -1.40. The molecular weight excluding hydrogens is 220 g/mol. The van der Waals surface area contributed by atoms with E-state index in [2.05, 4.69) is 15.6 Å². The third-order valence-electron chi connectivity index (χ3n) is 3.28. The van der Waals surface area contributed by atoms with E-state index in [-0.39, 0.29) is 5.91 Å². The van der Waals surface area contributed by atoms with Gasteiger partial charge in [0, 0.05) is 30.8 Å². The van der Waals surface area contributed by atoms with Crippen molar-refractivity contribution in [2.75, 3.05) is 19.7 Å². The zero-order valence-corrected chi connectivity index (χ0v) is 9.66. The number of hydrazine groups is 1. The Balaban J connectivity index is 1.74. The van der Waals surface area contributed by atoms with Gasteiger partial charge in [0.2, 0.25) is 0 Å². The first-order valence-electron chi connectivity index (χ1n) is 6.04. The number of hydrogen-bond acceptors (Lipinski definition) is 4. The van der Waals surface area contributed by atoms with Crippen molar-refractivity contribution in [2.45, 2.75) is 25.9 Å². The number of H-pyrrole nitrogens is 1. The lowest BCUT2D eigenvalue weighted by atomic mass is 10.1. The van der Waals surface area contributed by atoms with Gasteiger partial charge in [-0.1, -0.05) is 0 Å². The summed E-state index contributed by atoms with van der Waals surface area (Å²) in [6, 6.07) is 0. The highest BCUT2D eigenvalue weighted by Crippen LogP contribution is 2.18. The molecule has 3 heterocycles. The SMILES string of the molecule is O=C(NN1CCCC1)c1n[nH]c2c1COCC2. The molecule has 3 rings (SSSR count). The number of aromatic nitrogens is 2. The standard InChI is InChI=1S/C11H16N4O2/c16-11(14-15-4-1-2-5-15)10-8-7-17-6-3-9(8)12-13-10/h1-7H2,(H,12,13)(H,14,16). The third-order valence-corrected chi connectivity index (χ3v) is 3.28. The highest BCUT2D eigenvalue weighted by molar-refractivity contribution is 5.93. The lowest BCUT2D eigenvalue weighted by Crippen LogP contribution is -2.40. The molecule has 1 fully saturated rings. The normalized spacial score (nSPS) is 20.2. The molecule has 1 aromatic rings. The van der Waals surface area contributed by atoms with Crippen LogP contribution in [0.3, 0.4) is 0 Å². The van der Waals surface area contributed by atoms with E-state index < -0.39 is 0 Å². The van der Waals surface area contributed by atoms with Crippen LogP contribution in [0.15, 0.2) is 0 Å². The zero-order valence-electron chi connectivity index (χ0n) is 9.66. The van der Waals surface area contributed by atoms with Crippen molar-refractivity contribution in [3.8, 4) is 0 Å². The number of carbonyl (C=O) groups is 1.